The molecule has 0 amide bonds. The fourth-order valence-corrected chi connectivity index (χ4v) is 2.03. The fraction of sp³-hybridized carbons (Fsp3) is 0.333. The molecule has 96 valence electrons. The van der Waals surface area contributed by atoms with E-state index in [9.17, 15) is 4.79 Å². The second-order valence-electron chi connectivity index (χ2n) is 4.04. The molecule has 0 aliphatic rings. The smallest absolute Gasteiger partial charge is 0.304 e. The Kier molecular flexibility index (Phi) is 3.99. The third-order valence-electron chi connectivity index (χ3n) is 2.15. The standard InChI is InChI=1S/C12H15N3O2S/c1-8(2)17-10-4-3-5-13-11(10)14-6-9-7-18-12(16)15-9/h3-5,7-8H,6H2,1-2H3,(H,13,14)(H,15,16). The van der Waals surface area contributed by atoms with Crippen LogP contribution < -0.4 is 14.9 Å². The van der Waals surface area contributed by atoms with Gasteiger partial charge in [0.05, 0.1) is 12.6 Å². The highest BCUT2D eigenvalue weighted by molar-refractivity contribution is 7.07. The summed E-state index contributed by atoms with van der Waals surface area (Å²) in [5.74, 6) is 1.39. The molecule has 0 aliphatic carbocycles. The Morgan fingerprint density at radius 3 is 3.06 bits per heavy atom. The van der Waals surface area contributed by atoms with Gasteiger partial charge in [-0.25, -0.2) is 4.98 Å². The van der Waals surface area contributed by atoms with E-state index in [1.54, 1.807) is 11.6 Å². The highest BCUT2D eigenvalue weighted by atomic mass is 32.1. The van der Waals surface area contributed by atoms with Crippen molar-refractivity contribution < 1.29 is 4.74 Å². The second kappa shape index (κ2) is 5.68. The first-order chi connectivity index (χ1) is 8.65. The highest BCUT2D eigenvalue weighted by Gasteiger charge is 2.06. The normalized spacial score (nSPS) is 10.6. The van der Waals surface area contributed by atoms with Crippen LogP contribution in [0.2, 0.25) is 0 Å². The molecule has 0 aliphatic heterocycles. The van der Waals surface area contributed by atoms with Crippen molar-refractivity contribution in [2.24, 2.45) is 0 Å². The average molecular weight is 265 g/mol. The van der Waals surface area contributed by atoms with E-state index in [1.807, 2.05) is 26.0 Å². The summed E-state index contributed by atoms with van der Waals surface area (Å²) in [6.07, 6.45) is 1.79. The van der Waals surface area contributed by atoms with E-state index in [0.717, 1.165) is 17.0 Å². The molecule has 0 saturated carbocycles. The van der Waals surface area contributed by atoms with Crippen molar-refractivity contribution in [2.75, 3.05) is 5.32 Å². The molecule has 18 heavy (non-hydrogen) atoms. The minimum absolute atomic E-state index is 0.0496. The van der Waals surface area contributed by atoms with Crippen molar-refractivity contribution in [3.8, 4) is 5.75 Å². The summed E-state index contributed by atoms with van der Waals surface area (Å²) < 4.78 is 5.64. The largest absolute Gasteiger partial charge is 0.487 e. The molecule has 2 aromatic rings. The Morgan fingerprint density at radius 2 is 2.39 bits per heavy atom. The number of H-pyrrole nitrogens is 1. The first-order valence-corrected chi connectivity index (χ1v) is 6.55. The molecular formula is C12H15N3O2S. The fourth-order valence-electron chi connectivity index (χ4n) is 1.45. The van der Waals surface area contributed by atoms with Crippen molar-refractivity contribution in [1.82, 2.24) is 9.97 Å². The maximum absolute atomic E-state index is 11.0. The molecule has 2 N–H and O–H groups in total. The number of ether oxygens (including phenoxy) is 1. The number of hydrogen-bond acceptors (Lipinski definition) is 5. The van der Waals surface area contributed by atoms with Crippen LogP contribution >= 0.6 is 11.3 Å². The van der Waals surface area contributed by atoms with Crippen molar-refractivity contribution >= 4 is 17.2 Å². The number of rotatable bonds is 5. The third-order valence-corrected chi connectivity index (χ3v) is 2.87. The van der Waals surface area contributed by atoms with E-state index in [-0.39, 0.29) is 11.0 Å². The zero-order valence-electron chi connectivity index (χ0n) is 10.3. The lowest BCUT2D eigenvalue weighted by Crippen LogP contribution is -2.10. The second-order valence-corrected chi connectivity index (χ2v) is 4.89. The summed E-state index contributed by atoms with van der Waals surface area (Å²) in [5.41, 5.74) is 0.839. The van der Waals surface area contributed by atoms with Gasteiger partial charge in [-0.2, -0.15) is 0 Å². The Balaban J connectivity index is 2.06. The molecule has 0 spiro atoms. The van der Waals surface area contributed by atoms with Gasteiger partial charge in [0.2, 0.25) is 0 Å². The molecule has 5 nitrogen and oxygen atoms in total. The average Bonchev–Trinajstić information content (AvgIpc) is 2.73. The monoisotopic (exact) mass is 265 g/mol. The van der Waals surface area contributed by atoms with Gasteiger partial charge >= 0.3 is 4.87 Å². The molecule has 0 saturated heterocycles. The number of aromatic nitrogens is 2. The minimum Gasteiger partial charge on any atom is -0.487 e. The van der Waals surface area contributed by atoms with Crippen LogP contribution in [0.3, 0.4) is 0 Å². The summed E-state index contributed by atoms with van der Waals surface area (Å²) in [6.45, 7) is 4.45. The summed E-state index contributed by atoms with van der Waals surface area (Å²) in [7, 11) is 0. The van der Waals surface area contributed by atoms with Crippen LogP contribution in [0.4, 0.5) is 5.82 Å². The summed E-state index contributed by atoms with van der Waals surface area (Å²) in [5, 5.41) is 4.94. The predicted octanol–water partition coefficient (Wildman–Crippen LogP) is 2.23. The topological polar surface area (TPSA) is 67.0 Å². The number of hydrogen-bond donors (Lipinski definition) is 2. The van der Waals surface area contributed by atoms with Gasteiger partial charge in [-0.15, -0.1) is 0 Å². The first-order valence-electron chi connectivity index (χ1n) is 5.67. The maximum Gasteiger partial charge on any atom is 0.304 e. The number of nitrogens with one attached hydrogen (secondary N) is 2. The summed E-state index contributed by atoms with van der Waals surface area (Å²) in [4.78, 5) is 17.9. The van der Waals surface area contributed by atoms with Gasteiger partial charge in [0.1, 0.15) is 0 Å². The van der Waals surface area contributed by atoms with Crippen LogP contribution in [0.25, 0.3) is 0 Å². The van der Waals surface area contributed by atoms with Gasteiger partial charge < -0.3 is 15.0 Å². The van der Waals surface area contributed by atoms with E-state index in [2.05, 4.69) is 15.3 Å². The maximum atomic E-state index is 11.0. The lowest BCUT2D eigenvalue weighted by atomic mass is 10.4. The zero-order valence-corrected chi connectivity index (χ0v) is 11.1. The number of aromatic amines is 1. The van der Waals surface area contributed by atoms with Gasteiger partial charge in [-0.3, -0.25) is 4.79 Å². The van der Waals surface area contributed by atoms with Crippen LogP contribution in [0.5, 0.6) is 5.75 Å². The molecule has 0 fully saturated rings. The molecule has 0 aromatic carbocycles. The van der Waals surface area contributed by atoms with Gasteiger partial charge in [0, 0.05) is 17.3 Å². The Morgan fingerprint density at radius 1 is 1.56 bits per heavy atom. The van der Waals surface area contributed by atoms with Crippen molar-refractivity contribution in [3.05, 3.63) is 39.1 Å². The minimum atomic E-state index is -0.0496. The first kappa shape index (κ1) is 12.6. The molecule has 0 radical (unpaired) electrons. The molecule has 2 rings (SSSR count). The van der Waals surface area contributed by atoms with E-state index in [0.29, 0.717) is 18.1 Å². The zero-order chi connectivity index (χ0) is 13.0. The van der Waals surface area contributed by atoms with Gasteiger partial charge in [-0.1, -0.05) is 11.3 Å². The lowest BCUT2D eigenvalue weighted by molar-refractivity contribution is 0.243. The molecule has 0 unspecified atom stereocenters. The van der Waals surface area contributed by atoms with Crippen LogP contribution in [0.1, 0.15) is 19.5 Å². The van der Waals surface area contributed by atoms with E-state index in [4.69, 9.17) is 4.74 Å². The predicted molar refractivity (Wildman–Crippen MR) is 72.3 cm³/mol. The highest BCUT2D eigenvalue weighted by Crippen LogP contribution is 2.22. The Labute approximate surface area is 109 Å². The Bertz CT molecular complexity index is 562. The summed E-state index contributed by atoms with van der Waals surface area (Å²) in [6, 6.07) is 3.70. The molecule has 0 bridgehead atoms. The Hall–Kier alpha value is -1.82. The molecule has 2 heterocycles. The third kappa shape index (κ3) is 3.33. The molecular weight excluding hydrogens is 250 g/mol. The summed E-state index contributed by atoms with van der Waals surface area (Å²) >= 11 is 1.15. The number of nitrogens with zero attached hydrogens (tertiary/aromatic N) is 1. The molecule has 0 atom stereocenters. The number of thiazole rings is 1. The SMILES string of the molecule is CC(C)Oc1cccnc1NCc1csc(=O)[nH]1. The lowest BCUT2D eigenvalue weighted by Gasteiger charge is -2.13. The van der Waals surface area contributed by atoms with E-state index < -0.39 is 0 Å². The molecule has 6 heteroatoms. The number of pyridine rings is 1. The van der Waals surface area contributed by atoms with Crippen LogP contribution in [-0.4, -0.2) is 16.1 Å². The van der Waals surface area contributed by atoms with Crippen LogP contribution in [0, 0.1) is 0 Å². The molecule has 2 aromatic heterocycles. The van der Waals surface area contributed by atoms with Crippen molar-refractivity contribution in [1.29, 1.82) is 0 Å². The van der Waals surface area contributed by atoms with E-state index in [1.165, 1.54) is 0 Å². The van der Waals surface area contributed by atoms with E-state index >= 15 is 0 Å². The quantitative estimate of drug-likeness (QED) is 0.870. The number of anilines is 1. The van der Waals surface area contributed by atoms with Crippen molar-refractivity contribution in [3.63, 3.8) is 0 Å². The van der Waals surface area contributed by atoms with Gasteiger partial charge in [0.25, 0.3) is 0 Å². The van der Waals surface area contributed by atoms with Crippen LogP contribution in [-0.2, 0) is 6.54 Å². The van der Waals surface area contributed by atoms with Crippen LogP contribution in [0.15, 0.2) is 28.5 Å². The van der Waals surface area contributed by atoms with Crippen molar-refractivity contribution in [2.45, 2.75) is 26.5 Å². The van der Waals surface area contributed by atoms with Gasteiger partial charge in [0.15, 0.2) is 11.6 Å². The van der Waals surface area contributed by atoms with Gasteiger partial charge in [-0.05, 0) is 26.0 Å².